The van der Waals surface area contributed by atoms with Gasteiger partial charge in [-0.15, -0.1) is 0 Å². The van der Waals surface area contributed by atoms with Crippen LogP contribution in [0.2, 0.25) is 0 Å². The highest BCUT2D eigenvalue weighted by atomic mass is 16.3. The minimum atomic E-state index is -0.565. The van der Waals surface area contributed by atoms with Gasteiger partial charge in [-0.05, 0) is 43.7 Å². The van der Waals surface area contributed by atoms with Crippen LogP contribution in [0, 0.1) is 18.8 Å². The zero-order valence-corrected chi connectivity index (χ0v) is 8.40. The third-order valence-corrected chi connectivity index (χ3v) is 3.84. The molecule has 0 aliphatic heterocycles. The van der Waals surface area contributed by atoms with Crippen molar-refractivity contribution in [3.05, 3.63) is 29.6 Å². The summed E-state index contributed by atoms with van der Waals surface area (Å²) in [6.45, 7) is 1.98. The Labute approximate surface area is 84.0 Å². The van der Waals surface area contributed by atoms with Crippen molar-refractivity contribution in [3.8, 4) is 0 Å². The molecule has 2 aliphatic carbocycles. The fraction of sp³-hybridized carbons (Fsp3) is 0.583. The lowest BCUT2D eigenvalue weighted by molar-refractivity contribution is 0.101. The number of rotatable bonds is 1. The van der Waals surface area contributed by atoms with Crippen LogP contribution < -0.4 is 0 Å². The van der Waals surface area contributed by atoms with Crippen LogP contribution in [0.3, 0.4) is 0 Å². The lowest BCUT2D eigenvalue weighted by Crippen LogP contribution is -2.15. The summed E-state index contributed by atoms with van der Waals surface area (Å²) in [5.74, 6) is 0.994. The average molecular weight is 189 g/mol. The lowest BCUT2D eigenvalue weighted by Gasteiger charge is -2.13. The van der Waals surface area contributed by atoms with E-state index in [0.29, 0.717) is 11.8 Å². The van der Waals surface area contributed by atoms with Crippen LogP contribution in [0.5, 0.6) is 0 Å². The maximum Gasteiger partial charge on any atom is 0.113 e. The minimum absolute atomic E-state index is 0.497. The van der Waals surface area contributed by atoms with E-state index in [-0.39, 0.29) is 0 Å². The van der Waals surface area contributed by atoms with Gasteiger partial charge in [-0.1, -0.05) is 12.5 Å². The molecule has 0 amide bonds. The Morgan fingerprint density at radius 3 is 2.71 bits per heavy atom. The number of hydrogen-bond acceptors (Lipinski definition) is 2. The maximum absolute atomic E-state index is 10.4. The molecule has 1 heterocycles. The molecule has 0 spiro atoms. The minimum Gasteiger partial charge on any atom is -0.383 e. The molecule has 1 aromatic rings. The molecule has 0 radical (unpaired) electrons. The molecule has 0 saturated heterocycles. The summed E-state index contributed by atoms with van der Waals surface area (Å²) in [6, 6.07) is 5.93. The number of aromatic nitrogens is 1. The molecule has 2 heteroatoms. The first-order chi connectivity index (χ1) is 6.73. The number of hydrogen-bond donors (Lipinski definition) is 1. The van der Waals surface area contributed by atoms with Gasteiger partial charge >= 0.3 is 0 Å². The van der Waals surface area contributed by atoms with Gasteiger partial charge in [0.05, 0.1) is 5.69 Å². The number of fused-ring (bicyclic) bond motifs is 1. The lowest BCUT2D eigenvalue weighted by atomic mass is 10.0. The predicted molar refractivity (Wildman–Crippen MR) is 53.7 cm³/mol. The van der Waals surface area contributed by atoms with Crippen molar-refractivity contribution in [2.24, 2.45) is 11.8 Å². The van der Waals surface area contributed by atoms with Crippen LogP contribution >= 0.6 is 0 Å². The highest BCUT2D eigenvalue weighted by Gasteiger charge is 2.67. The van der Waals surface area contributed by atoms with Gasteiger partial charge in [0, 0.05) is 5.69 Å². The standard InChI is InChI=1S/C12H15NO/c1-8-4-2-7-11(13-8)12(14)9-5-3-6-10(9)12/h2,4,7,9-10,14H,3,5-6H2,1H3. The molecule has 2 unspecified atom stereocenters. The van der Waals surface area contributed by atoms with Gasteiger partial charge in [0.2, 0.25) is 0 Å². The van der Waals surface area contributed by atoms with Crippen molar-refractivity contribution in [3.63, 3.8) is 0 Å². The van der Waals surface area contributed by atoms with E-state index in [2.05, 4.69) is 4.98 Å². The van der Waals surface area contributed by atoms with E-state index in [9.17, 15) is 5.11 Å². The van der Waals surface area contributed by atoms with E-state index in [1.807, 2.05) is 25.1 Å². The highest BCUT2D eigenvalue weighted by molar-refractivity contribution is 5.29. The summed E-state index contributed by atoms with van der Waals surface area (Å²) >= 11 is 0. The van der Waals surface area contributed by atoms with E-state index in [0.717, 1.165) is 11.4 Å². The van der Waals surface area contributed by atoms with E-state index in [1.54, 1.807) is 0 Å². The summed E-state index contributed by atoms with van der Waals surface area (Å²) in [5.41, 5.74) is 1.33. The van der Waals surface area contributed by atoms with E-state index >= 15 is 0 Å². The third-order valence-electron chi connectivity index (χ3n) is 3.84. The molecule has 0 bridgehead atoms. The summed E-state index contributed by atoms with van der Waals surface area (Å²) in [5, 5.41) is 10.4. The molecule has 14 heavy (non-hydrogen) atoms. The molecule has 0 aromatic carbocycles. The Hall–Kier alpha value is -0.890. The van der Waals surface area contributed by atoms with Gasteiger partial charge < -0.3 is 5.11 Å². The van der Waals surface area contributed by atoms with Crippen molar-refractivity contribution in [1.82, 2.24) is 4.98 Å². The quantitative estimate of drug-likeness (QED) is 0.733. The Kier molecular flexibility index (Phi) is 1.55. The first kappa shape index (κ1) is 8.42. The van der Waals surface area contributed by atoms with Crippen LogP contribution in [0.15, 0.2) is 18.2 Å². The topological polar surface area (TPSA) is 33.1 Å². The third kappa shape index (κ3) is 0.921. The first-order valence-corrected chi connectivity index (χ1v) is 5.39. The Morgan fingerprint density at radius 2 is 2.07 bits per heavy atom. The smallest absolute Gasteiger partial charge is 0.113 e. The monoisotopic (exact) mass is 189 g/mol. The summed E-state index contributed by atoms with van der Waals surface area (Å²) in [7, 11) is 0. The summed E-state index contributed by atoms with van der Waals surface area (Å²) in [4.78, 5) is 4.44. The number of nitrogens with zero attached hydrogens (tertiary/aromatic N) is 1. The summed E-state index contributed by atoms with van der Waals surface area (Å²) < 4.78 is 0. The molecule has 2 atom stereocenters. The van der Waals surface area contributed by atoms with E-state index in [1.165, 1.54) is 19.3 Å². The van der Waals surface area contributed by atoms with E-state index in [4.69, 9.17) is 0 Å². The van der Waals surface area contributed by atoms with Crippen LogP contribution in [0.25, 0.3) is 0 Å². The second kappa shape index (κ2) is 2.57. The Morgan fingerprint density at radius 1 is 1.36 bits per heavy atom. The Balaban J connectivity index is 1.97. The van der Waals surface area contributed by atoms with E-state index < -0.39 is 5.60 Å². The second-order valence-corrected chi connectivity index (χ2v) is 4.63. The van der Waals surface area contributed by atoms with Gasteiger partial charge in [0.15, 0.2) is 0 Å². The molecule has 1 N–H and O–H groups in total. The van der Waals surface area contributed by atoms with Crippen LogP contribution in [0.1, 0.15) is 30.7 Å². The van der Waals surface area contributed by atoms with Gasteiger partial charge in [-0.25, -0.2) is 0 Å². The van der Waals surface area contributed by atoms with Gasteiger partial charge in [0.25, 0.3) is 0 Å². The molecule has 2 saturated carbocycles. The van der Waals surface area contributed by atoms with Crippen molar-refractivity contribution >= 4 is 0 Å². The van der Waals surface area contributed by atoms with Gasteiger partial charge in [-0.3, -0.25) is 4.98 Å². The van der Waals surface area contributed by atoms with Crippen LogP contribution in [-0.4, -0.2) is 10.1 Å². The fourth-order valence-electron chi connectivity index (χ4n) is 3.07. The number of pyridine rings is 1. The van der Waals surface area contributed by atoms with Gasteiger partial charge in [0.1, 0.15) is 5.60 Å². The average Bonchev–Trinajstić information content (AvgIpc) is 2.62. The van der Waals surface area contributed by atoms with Crippen molar-refractivity contribution in [2.45, 2.75) is 31.8 Å². The molecule has 3 rings (SSSR count). The molecular formula is C12H15NO. The molecule has 2 fully saturated rings. The number of aryl methyl sites for hydroxylation is 1. The zero-order valence-electron chi connectivity index (χ0n) is 8.40. The number of aliphatic hydroxyl groups is 1. The van der Waals surface area contributed by atoms with Crippen molar-refractivity contribution < 1.29 is 5.11 Å². The Bertz CT molecular complexity index is 364. The van der Waals surface area contributed by atoms with Crippen molar-refractivity contribution in [1.29, 1.82) is 0 Å². The maximum atomic E-state index is 10.4. The molecule has 1 aromatic heterocycles. The fourth-order valence-corrected chi connectivity index (χ4v) is 3.07. The highest BCUT2D eigenvalue weighted by Crippen LogP contribution is 2.65. The first-order valence-electron chi connectivity index (χ1n) is 5.39. The second-order valence-electron chi connectivity index (χ2n) is 4.63. The van der Waals surface area contributed by atoms with Crippen molar-refractivity contribution in [2.75, 3.05) is 0 Å². The predicted octanol–water partition coefficient (Wildman–Crippen LogP) is 2.01. The molecular weight excluding hydrogens is 174 g/mol. The normalized spacial score (nSPS) is 39.6. The summed E-state index contributed by atoms with van der Waals surface area (Å²) in [6.07, 6.45) is 3.64. The SMILES string of the molecule is Cc1cccc(C2(O)C3CCCC32)n1. The van der Waals surface area contributed by atoms with Gasteiger partial charge in [-0.2, -0.15) is 0 Å². The largest absolute Gasteiger partial charge is 0.383 e. The van der Waals surface area contributed by atoms with Crippen LogP contribution in [-0.2, 0) is 5.60 Å². The molecule has 2 nitrogen and oxygen atoms in total. The zero-order chi connectivity index (χ0) is 9.76. The molecule has 74 valence electrons. The van der Waals surface area contributed by atoms with Crippen LogP contribution in [0.4, 0.5) is 0 Å². The molecule has 2 aliphatic rings.